The lowest BCUT2D eigenvalue weighted by molar-refractivity contribution is 0.221. The molecule has 0 bridgehead atoms. The second-order valence-electron chi connectivity index (χ2n) is 3.95. The first kappa shape index (κ1) is 10.7. The highest BCUT2D eigenvalue weighted by molar-refractivity contribution is 5.52. The van der Waals surface area contributed by atoms with Crippen LogP contribution >= 0.6 is 0 Å². The zero-order chi connectivity index (χ0) is 11.5. The molecule has 16 heavy (non-hydrogen) atoms. The smallest absolute Gasteiger partial charge is 0.106 e. The van der Waals surface area contributed by atoms with Gasteiger partial charge in [0.2, 0.25) is 0 Å². The number of hydrogen-bond donors (Lipinski definition) is 2. The highest BCUT2D eigenvalue weighted by Gasteiger charge is 2.12. The van der Waals surface area contributed by atoms with E-state index < -0.39 is 6.10 Å². The van der Waals surface area contributed by atoms with Crippen LogP contribution in [0.15, 0.2) is 48.5 Å². The molecular weight excluding hydrogens is 198 g/mol. The van der Waals surface area contributed by atoms with Crippen LogP contribution in [0, 0.1) is 6.92 Å². The Morgan fingerprint density at radius 2 is 1.75 bits per heavy atom. The molecule has 2 rings (SSSR count). The molecule has 2 nitrogen and oxygen atoms in total. The number of aryl methyl sites for hydroxylation is 1. The maximum Gasteiger partial charge on any atom is 0.106 e. The molecule has 0 radical (unpaired) electrons. The van der Waals surface area contributed by atoms with Crippen molar-refractivity contribution >= 4 is 5.69 Å². The van der Waals surface area contributed by atoms with Gasteiger partial charge in [0.1, 0.15) is 6.10 Å². The maximum absolute atomic E-state index is 10.2. The highest BCUT2D eigenvalue weighted by Crippen LogP contribution is 2.27. The van der Waals surface area contributed by atoms with E-state index in [0.717, 1.165) is 16.7 Å². The number of hydrogen-bond acceptors (Lipinski definition) is 2. The number of aliphatic hydroxyl groups is 1. The highest BCUT2D eigenvalue weighted by atomic mass is 16.3. The third-order valence-electron chi connectivity index (χ3n) is 2.65. The van der Waals surface area contributed by atoms with Crippen molar-refractivity contribution in [2.45, 2.75) is 13.0 Å². The van der Waals surface area contributed by atoms with Gasteiger partial charge in [0.25, 0.3) is 0 Å². The summed E-state index contributed by atoms with van der Waals surface area (Å²) < 4.78 is 0. The standard InChI is InChI=1S/C14H15NO/c1-10-7-8-13(15)12(9-10)14(16)11-5-3-2-4-6-11/h2-9,14,16H,15H2,1H3/t14-/m0/s1. The normalized spacial score (nSPS) is 12.4. The van der Waals surface area contributed by atoms with Crippen molar-refractivity contribution in [1.82, 2.24) is 0 Å². The molecule has 1 atom stereocenters. The summed E-state index contributed by atoms with van der Waals surface area (Å²) in [4.78, 5) is 0. The molecule has 0 saturated heterocycles. The molecule has 0 spiro atoms. The van der Waals surface area contributed by atoms with Crippen molar-refractivity contribution in [3.63, 3.8) is 0 Å². The number of aliphatic hydroxyl groups excluding tert-OH is 1. The lowest BCUT2D eigenvalue weighted by Crippen LogP contribution is -2.03. The fourth-order valence-corrected chi connectivity index (χ4v) is 1.75. The number of rotatable bonds is 2. The van der Waals surface area contributed by atoms with E-state index in [1.807, 2.05) is 55.5 Å². The fourth-order valence-electron chi connectivity index (χ4n) is 1.75. The van der Waals surface area contributed by atoms with Gasteiger partial charge in [-0.1, -0.05) is 48.0 Å². The number of benzene rings is 2. The third kappa shape index (κ3) is 2.07. The number of nitrogen functional groups attached to an aromatic ring is 1. The van der Waals surface area contributed by atoms with E-state index in [-0.39, 0.29) is 0 Å². The van der Waals surface area contributed by atoms with Crippen LogP contribution in [-0.4, -0.2) is 5.11 Å². The minimum Gasteiger partial charge on any atom is -0.398 e. The Morgan fingerprint density at radius 3 is 2.44 bits per heavy atom. The van der Waals surface area contributed by atoms with Gasteiger partial charge in [0.15, 0.2) is 0 Å². The largest absolute Gasteiger partial charge is 0.398 e. The van der Waals surface area contributed by atoms with E-state index >= 15 is 0 Å². The molecule has 3 N–H and O–H groups in total. The van der Waals surface area contributed by atoms with Crippen molar-refractivity contribution in [3.8, 4) is 0 Å². The van der Waals surface area contributed by atoms with Crippen LogP contribution in [0.25, 0.3) is 0 Å². The molecular formula is C14H15NO. The van der Waals surface area contributed by atoms with E-state index in [9.17, 15) is 5.11 Å². The third-order valence-corrected chi connectivity index (χ3v) is 2.65. The summed E-state index contributed by atoms with van der Waals surface area (Å²) in [6.45, 7) is 1.99. The van der Waals surface area contributed by atoms with Gasteiger partial charge in [-0.3, -0.25) is 0 Å². The molecule has 2 aromatic carbocycles. The van der Waals surface area contributed by atoms with Crippen LogP contribution in [0.5, 0.6) is 0 Å². The van der Waals surface area contributed by atoms with Gasteiger partial charge in [-0.05, 0) is 18.6 Å². The SMILES string of the molecule is Cc1ccc(N)c([C@@H](O)c2ccccc2)c1. The average molecular weight is 213 g/mol. The first-order valence-electron chi connectivity index (χ1n) is 5.27. The Labute approximate surface area is 95.4 Å². The zero-order valence-corrected chi connectivity index (χ0v) is 9.22. The Kier molecular flexibility index (Phi) is 2.93. The zero-order valence-electron chi connectivity index (χ0n) is 9.22. The summed E-state index contributed by atoms with van der Waals surface area (Å²) in [6.07, 6.45) is -0.652. The molecule has 0 unspecified atom stereocenters. The van der Waals surface area contributed by atoms with Gasteiger partial charge in [-0.25, -0.2) is 0 Å². The second kappa shape index (κ2) is 4.37. The Morgan fingerprint density at radius 1 is 1.06 bits per heavy atom. The van der Waals surface area contributed by atoms with Crippen molar-refractivity contribution in [2.75, 3.05) is 5.73 Å². The predicted octanol–water partition coefficient (Wildman–Crippen LogP) is 2.66. The lowest BCUT2D eigenvalue weighted by atomic mass is 9.98. The molecule has 2 heteroatoms. The molecule has 2 aromatic rings. The van der Waals surface area contributed by atoms with Crippen LogP contribution in [0.4, 0.5) is 5.69 Å². The molecule has 82 valence electrons. The molecule has 0 saturated carbocycles. The van der Waals surface area contributed by atoms with Gasteiger partial charge in [-0.2, -0.15) is 0 Å². The minimum atomic E-state index is -0.652. The van der Waals surface area contributed by atoms with E-state index in [2.05, 4.69) is 0 Å². The van der Waals surface area contributed by atoms with E-state index in [4.69, 9.17) is 5.73 Å². The first-order valence-corrected chi connectivity index (χ1v) is 5.27. The lowest BCUT2D eigenvalue weighted by Gasteiger charge is -2.14. The molecule has 0 aliphatic rings. The quantitative estimate of drug-likeness (QED) is 0.753. The minimum absolute atomic E-state index is 0.627. The van der Waals surface area contributed by atoms with Crippen LogP contribution in [0.3, 0.4) is 0 Å². The van der Waals surface area contributed by atoms with Gasteiger partial charge in [0, 0.05) is 11.3 Å². The van der Waals surface area contributed by atoms with Gasteiger partial charge < -0.3 is 10.8 Å². The average Bonchev–Trinajstić information content (AvgIpc) is 2.32. The van der Waals surface area contributed by atoms with Crippen molar-refractivity contribution < 1.29 is 5.11 Å². The van der Waals surface area contributed by atoms with Crippen LogP contribution < -0.4 is 5.73 Å². The van der Waals surface area contributed by atoms with Crippen LogP contribution in [0.2, 0.25) is 0 Å². The molecule has 0 amide bonds. The molecule has 0 fully saturated rings. The number of anilines is 1. The summed E-state index contributed by atoms with van der Waals surface area (Å²) in [7, 11) is 0. The van der Waals surface area contributed by atoms with E-state index in [1.54, 1.807) is 0 Å². The summed E-state index contributed by atoms with van der Waals surface area (Å²) >= 11 is 0. The van der Waals surface area contributed by atoms with Gasteiger partial charge >= 0.3 is 0 Å². The van der Waals surface area contributed by atoms with E-state index in [0.29, 0.717) is 5.69 Å². The molecule has 0 aliphatic carbocycles. The summed E-state index contributed by atoms with van der Waals surface area (Å²) in [5.41, 5.74) is 9.22. The monoisotopic (exact) mass is 213 g/mol. The molecule has 0 aliphatic heterocycles. The first-order chi connectivity index (χ1) is 7.68. The van der Waals surface area contributed by atoms with Gasteiger partial charge in [-0.15, -0.1) is 0 Å². The molecule has 0 aromatic heterocycles. The van der Waals surface area contributed by atoms with Crippen molar-refractivity contribution in [3.05, 3.63) is 65.2 Å². The van der Waals surface area contributed by atoms with E-state index in [1.165, 1.54) is 0 Å². The Hall–Kier alpha value is -1.80. The second-order valence-corrected chi connectivity index (χ2v) is 3.95. The summed E-state index contributed by atoms with van der Waals surface area (Å²) in [6, 6.07) is 15.2. The summed E-state index contributed by atoms with van der Waals surface area (Å²) in [5.74, 6) is 0. The van der Waals surface area contributed by atoms with Crippen LogP contribution in [0.1, 0.15) is 22.8 Å². The Bertz CT molecular complexity index is 479. The Balaban J connectivity index is 2.41. The topological polar surface area (TPSA) is 46.2 Å². The van der Waals surface area contributed by atoms with Crippen LogP contribution in [-0.2, 0) is 0 Å². The predicted molar refractivity (Wildman–Crippen MR) is 66.1 cm³/mol. The summed E-state index contributed by atoms with van der Waals surface area (Å²) in [5, 5.41) is 10.2. The fraction of sp³-hybridized carbons (Fsp3) is 0.143. The van der Waals surface area contributed by atoms with Crippen molar-refractivity contribution in [1.29, 1.82) is 0 Å². The van der Waals surface area contributed by atoms with Gasteiger partial charge in [0.05, 0.1) is 0 Å². The molecule has 0 heterocycles. The maximum atomic E-state index is 10.2. The number of nitrogens with two attached hydrogens (primary N) is 1. The van der Waals surface area contributed by atoms with Crippen molar-refractivity contribution in [2.24, 2.45) is 0 Å².